The van der Waals surface area contributed by atoms with Crippen molar-refractivity contribution in [2.24, 2.45) is 0 Å². The van der Waals surface area contributed by atoms with E-state index >= 15 is 0 Å². The van der Waals surface area contributed by atoms with E-state index < -0.39 is 30.2 Å². The Balaban J connectivity index is 0.00000141. The molecule has 2 aromatic carbocycles. The van der Waals surface area contributed by atoms with Gasteiger partial charge in [0.25, 0.3) is 11.8 Å². The Morgan fingerprint density at radius 1 is 1.11 bits per heavy atom. The van der Waals surface area contributed by atoms with Crippen molar-refractivity contribution in [2.45, 2.75) is 32.3 Å². The lowest BCUT2D eigenvalue weighted by molar-refractivity contribution is -0.131. The summed E-state index contributed by atoms with van der Waals surface area (Å²) in [4.78, 5) is 18.6. The molecule has 1 aliphatic rings. The summed E-state index contributed by atoms with van der Waals surface area (Å²) in [6.07, 6.45) is 0.752. The van der Waals surface area contributed by atoms with Gasteiger partial charge in [0.2, 0.25) is 5.88 Å². The number of amides is 1. The predicted molar refractivity (Wildman–Crippen MR) is 124 cm³/mol. The number of carbonyl (C=O) groups excluding carboxylic acids is 1. The SMILES string of the molecule is CC.O=C(c1cc(F)cc(-n2ccnn2)c1)N1CCC(F)(F)C(Oc2ccc3ccccc3n2)C1. The van der Waals surface area contributed by atoms with Crippen molar-refractivity contribution in [3.8, 4) is 11.6 Å². The average Bonchev–Trinajstić information content (AvgIpc) is 3.41. The first-order valence-corrected chi connectivity index (χ1v) is 11.3. The van der Waals surface area contributed by atoms with E-state index in [1.807, 2.05) is 26.0 Å². The molecule has 1 unspecified atom stereocenters. The largest absolute Gasteiger partial charge is 0.466 e. The first-order chi connectivity index (χ1) is 16.9. The zero-order valence-electron chi connectivity index (χ0n) is 19.2. The fraction of sp³-hybridized carbons (Fsp3) is 0.280. The summed E-state index contributed by atoms with van der Waals surface area (Å²) in [5, 5.41) is 8.31. The summed E-state index contributed by atoms with van der Waals surface area (Å²) >= 11 is 0. The summed E-state index contributed by atoms with van der Waals surface area (Å²) in [5.74, 6) is -4.34. The van der Waals surface area contributed by atoms with E-state index in [0.717, 1.165) is 11.5 Å². The quantitative estimate of drug-likeness (QED) is 0.413. The molecule has 1 amide bonds. The third-order valence-corrected chi connectivity index (χ3v) is 5.51. The molecule has 0 bridgehead atoms. The normalized spacial score (nSPS) is 16.9. The number of halogens is 3. The molecule has 35 heavy (non-hydrogen) atoms. The van der Waals surface area contributed by atoms with Crippen molar-refractivity contribution < 1.29 is 22.7 Å². The molecule has 1 atom stereocenters. The van der Waals surface area contributed by atoms with E-state index in [-0.39, 0.29) is 24.5 Å². The van der Waals surface area contributed by atoms with E-state index in [0.29, 0.717) is 11.2 Å². The Bertz CT molecular complexity index is 1310. The highest BCUT2D eigenvalue weighted by atomic mass is 19.3. The molecular weight excluding hydrogens is 459 g/mol. The van der Waals surface area contributed by atoms with Crippen LogP contribution in [-0.4, -0.2) is 55.9 Å². The Labute approximate surface area is 200 Å². The van der Waals surface area contributed by atoms with Gasteiger partial charge in [-0.1, -0.05) is 37.3 Å². The number of aromatic nitrogens is 4. The number of pyridine rings is 1. The number of rotatable bonds is 4. The number of ether oxygens (including phenoxy) is 1. The number of para-hydroxylation sites is 1. The summed E-state index contributed by atoms with van der Waals surface area (Å²) in [6.45, 7) is 3.45. The summed E-state index contributed by atoms with van der Waals surface area (Å²) in [6, 6.07) is 14.2. The third-order valence-electron chi connectivity index (χ3n) is 5.51. The first-order valence-electron chi connectivity index (χ1n) is 11.3. The van der Waals surface area contributed by atoms with Gasteiger partial charge in [0.05, 0.1) is 30.1 Å². The smallest absolute Gasteiger partial charge is 0.287 e. The highest BCUT2D eigenvalue weighted by Gasteiger charge is 2.47. The number of hydrogen-bond acceptors (Lipinski definition) is 5. The lowest BCUT2D eigenvalue weighted by atomic mass is 10.0. The number of fused-ring (bicyclic) bond motifs is 1. The van der Waals surface area contributed by atoms with E-state index in [1.165, 1.54) is 40.2 Å². The fourth-order valence-electron chi connectivity index (χ4n) is 3.80. The topological polar surface area (TPSA) is 73.1 Å². The summed E-state index contributed by atoms with van der Waals surface area (Å²) in [7, 11) is 0. The Kier molecular flexibility index (Phi) is 6.99. The molecule has 0 saturated carbocycles. The minimum Gasteiger partial charge on any atom is -0.466 e. The van der Waals surface area contributed by atoms with Crippen molar-refractivity contribution >= 4 is 16.8 Å². The molecule has 0 radical (unpaired) electrons. The molecule has 1 aliphatic heterocycles. The van der Waals surface area contributed by atoms with Crippen LogP contribution in [0.4, 0.5) is 13.2 Å². The van der Waals surface area contributed by atoms with Gasteiger partial charge < -0.3 is 9.64 Å². The zero-order valence-corrected chi connectivity index (χ0v) is 19.2. The van der Waals surface area contributed by atoms with E-state index in [1.54, 1.807) is 18.2 Å². The van der Waals surface area contributed by atoms with E-state index in [9.17, 15) is 18.0 Å². The van der Waals surface area contributed by atoms with Crippen LogP contribution in [0.3, 0.4) is 0 Å². The van der Waals surface area contributed by atoms with Gasteiger partial charge in [0, 0.05) is 30.0 Å². The van der Waals surface area contributed by atoms with Crippen LogP contribution in [0.2, 0.25) is 0 Å². The number of benzene rings is 2. The maximum Gasteiger partial charge on any atom is 0.287 e. The second-order valence-corrected chi connectivity index (χ2v) is 7.76. The first kappa shape index (κ1) is 24.2. The monoisotopic (exact) mass is 483 g/mol. The van der Waals surface area contributed by atoms with Gasteiger partial charge in [-0.05, 0) is 30.3 Å². The van der Waals surface area contributed by atoms with Gasteiger partial charge in [-0.15, -0.1) is 5.10 Å². The van der Waals surface area contributed by atoms with Gasteiger partial charge in [-0.25, -0.2) is 22.8 Å². The molecule has 4 aromatic rings. The predicted octanol–water partition coefficient (Wildman–Crippen LogP) is 4.91. The highest BCUT2D eigenvalue weighted by Crippen LogP contribution is 2.32. The van der Waals surface area contributed by atoms with Crippen LogP contribution in [0, 0.1) is 5.82 Å². The van der Waals surface area contributed by atoms with Crippen LogP contribution in [0.1, 0.15) is 30.6 Å². The van der Waals surface area contributed by atoms with Crippen LogP contribution in [0.5, 0.6) is 5.88 Å². The van der Waals surface area contributed by atoms with Crippen LogP contribution in [-0.2, 0) is 0 Å². The number of hydrogen-bond donors (Lipinski definition) is 0. The Morgan fingerprint density at radius 2 is 1.91 bits per heavy atom. The van der Waals surface area contributed by atoms with Gasteiger partial charge in [-0.2, -0.15) is 0 Å². The molecule has 2 aromatic heterocycles. The molecule has 1 fully saturated rings. The third kappa shape index (κ3) is 5.26. The minimum absolute atomic E-state index is 0.0216. The van der Waals surface area contributed by atoms with Crippen LogP contribution >= 0.6 is 0 Å². The van der Waals surface area contributed by atoms with E-state index in [2.05, 4.69) is 15.3 Å². The molecule has 10 heteroatoms. The van der Waals surface area contributed by atoms with Crippen LogP contribution < -0.4 is 4.74 Å². The summed E-state index contributed by atoms with van der Waals surface area (Å²) in [5.41, 5.74) is 0.933. The van der Waals surface area contributed by atoms with Crippen molar-refractivity contribution in [3.63, 3.8) is 0 Å². The Morgan fingerprint density at radius 3 is 2.69 bits per heavy atom. The molecule has 1 saturated heterocycles. The standard InChI is InChI=1S/C23H18F3N5O2.C2H6/c24-17-11-16(12-18(13-17)31-10-8-27-29-31)22(32)30-9-7-23(25,26)20(14-30)33-21-6-5-15-3-1-2-4-19(15)28-21;1-2/h1-6,8,10-13,20H,7,9,14H2;1-2H3. The molecule has 0 N–H and O–H groups in total. The molecule has 182 valence electrons. The molecule has 5 rings (SSSR count). The number of carbonyl (C=O) groups is 1. The van der Waals surface area contributed by atoms with Crippen molar-refractivity contribution in [2.75, 3.05) is 13.1 Å². The van der Waals surface area contributed by atoms with Gasteiger partial charge in [0.15, 0.2) is 6.10 Å². The molecule has 0 aliphatic carbocycles. The molecule has 0 spiro atoms. The maximum atomic E-state index is 14.7. The van der Waals surface area contributed by atoms with Gasteiger partial charge >= 0.3 is 0 Å². The van der Waals surface area contributed by atoms with Crippen LogP contribution in [0.25, 0.3) is 16.6 Å². The van der Waals surface area contributed by atoms with Crippen molar-refractivity contribution in [3.05, 3.63) is 78.4 Å². The molecular formula is C25H24F3N5O2. The second-order valence-electron chi connectivity index (χ2n) is 7.76. The fourth-order valence-corrected chi connectivity index (χ4v) is 3.80. The number of alkyl halides is 2. The maximum absolute atomic E-state index is 14.7. The molecule has 3 heterocycles. The number of likely N-dealkylation sites (tertiary alicyclic amines) is 1. The zero-order chi connectivity index (χ0) is 25.0. The average molecular weight is 483 g/mol. The highest BCUT2D eigenvalue weighted by molar-refractivity contribution is 5.95. The number of piperidine rings is 1. The minimum atomic E-state index is -3.15. The second kappa shape index (κ2) is 10.1. The number of nitrogens with zero attached hydrogens (tertiary/aromatic N) is 5. The summed E-state index contributed by atoms with van der Waals surface area (Å²) < 4.78 is 50.3. The van der Waals surface area contributed by atoms with Gasteiger partial charge in [-0.3, -0.25) is 4.79 Å². The van der Waals surface area contributed by atoms with Crippen LogP contribution in [0.15, 0.2) is 67.0 Å². The van der Waals surface area contributed by atoms with E-state index in [4.69, 9.17) is 4.74 Å². The lowest BCUT2D eigenvalue weighted by Crippen LogP contribution is -2.55. The molecule has 7 nitrogen and oxygen atoms in total. The Hall–Kier alpha value is -3.95. The lowest BCUT2D eigenvalue weighted by Gasteiger charge is -2.38. The van der Waals surface area contributed by atoms with Crippen molar-refractivity contribution in [1.82, 2.24) is 24.9 Å². The van der Waals surface area contributed by atoms with Gasteiger partial charge in [0.1, 0.15) is 5.82 Å². The van der Waals surface area contributed by atoms with Crippen molar-refractivity contribution in [1.29, 1.82) is 0 Å².